The number of Topliss-reactive ketones (excluding diaryl/α,β-unsaturated/α-hetero) is 1. The van der Waals surface area contributed by atoms with Crippen LogP contribution in [0.15, 0.2) is 22.9 Å². The van der Waals surface area contributed by atoms with Crippen LogP contribution in [0.25, 0.3) is 0 Å². The molecule has 0 fully saturated rings. The van der Waals surface area contributed by atoms with E-state index in [-0.39, 0.29) is 5.78 Å². The van der Waals surface area contributed by atoms with Crippen molar-refractivity contribution in [1.29, 1.82) is 0 Å². The number of carbonyl (C=O) groups excluding carboxylic acids is 1. The molecule has 0 aliphatic rings. The van der Waals surface area contributed by atoms with Gasteiger partial charge in [0.2, 0.25) is 0 Å². The predicted octanol–water partition coefficient (Wildman–Crippen LogP) is 2.19. The van der Waals surface area contributed by atoms with E-state index in [1.807, 2.05) is 18.5 Å². The zero-order valence-electron chi connectivity index (χ0n) is 10.2. The first-order chi connectivity index (χ1) is 8.63. The molecule has 0 atom stereocenters. The summed E-state index contributed by atoms with van der Waals surface area (Å²) in [4.78, 5) is 12.1. The monoisotopic (exact) mass is 308 g/mol. The third kappa shape index (κ3) is 2.48. The minimum atomic E-state index is 0.0141. The van der Waals surface area contributed by atoms with Crippen LogP contribution in [-0.2, 0) is 13.0 Å². The number of nitrogens with zero attached hydrogens (tertiary/aromatic N) is 4. The number of aromatic nitrogens is 4. The van der Waals surface area contributed by atoms with Gasteiger partial charge < -0.3 is 0 Å². The number of carbonyl (C=O) groups is 1. The van der Waals surface area contributed by atoms with Crippen molar-refractivity contribution in [2.24, 2.45) is 0 Å². The minimum Gasteiger partial charge on any atom is -0.294 e. The van der Waals surface area contributed by atoms with Crippen LogP contribution in [0.2, 0.25) is 0 Å². The molecule has 0 aliphatic carbocycles. The molecule has 6 heteroatoms. The van der Waals surface area contributed by atoms with Crippen LogP contribution in [0.3, 0.4) is 0 Å². The summed E-state index contributed by atoms with van der Waals surface area (Å²) in [6.45, 7) is 4.66. The van der Waals surface area contributed by atoms with Gasteiger partial charge in [-0.25, -0.2) is 0 Å². The normalized spacial score (nSPS) is 10.6. The molecule has 5 nitrogen and oxygen atoms in total. The molecule has 0 saturated carbocycles. The molecule has 0 saturated heterocycles. The van der Waals surface area contributed by atoms with Crippen molar-refractivity contribution in [2.45, 2.75) is 26.8 Å². The Bertz CT molecular complexity index is 565. The smallest absolute Gasteiger partial charge is 0.170 e. The first-order valence-corrected chi connectivity index (χ1v) is 6.44. The first-order valence-electron chi connectivity index (χ1n) is 5.65. The maximum Gasteiger partial charge on any atom is 0.170 e. The van der Waals surface area contributed by atoms with Gasteiger partial charge in [-0.05, 0) is 35.8 Å². The topological polar surface area (TPSA) is 60.7 Å². The van der Waals surface area contributed by atoms with E-state index in [0.29, 0.717) is 12.0 Å². The van der Waals surface area contributed by atoms with Crippen LogP contribution in [0.1, 0.15) is 28.7 Å². The molecule has 2 rings (SSSR count). The zero-order valence-corrected chi connectivity index (χ0v) is 11.8. The Labute approximate surface area is 113 Å². The molecule has 0 aliphatic heterocycles. The maximum absolute atomic E-state index is 12.1. The fraction of sp³-hybridized carbons (Fsp3) is 0.333. The molecule has 0 N–H and O–H groups in total. The van der Waals surface area contributed by atoms with Crippen LogP contribution in [-0.4, -0.2) is 25.8 Å². The number of aryl methyl sites for hydroxylation is 2. The molecule has 2 heterocycles. The van der Waals surface area contributed by atoms with Gasteiger partial charge in [0.05, 0.1) is 34.7 Å². The molecule has 0 bridgehead atoms. The number of hydrogen-bond donors (Lipinski definition) is 0. The fourth-order valence-electron chi connectivity index (χ4n) is 1.75. The summed E-state index contributed by atoms with van der Waals surface area (Å²) in [6.07, 6.45) is 3.31. The number of rotatable bonds is 4. The fourth-order valence-corrected chi connectivity index (χ4v) is 2.17. The van der Waals surface area contributed by atoms with Crippen LogP contribution < -0.4 is 0 Å². The number of halogens is 1. The van der Waals surface area contributed by atoms with Crippen LogP contribution in [0.5, 0.6) is 0 Å². The van der Waals surface area contributed by atoms with Crippen molar-refractivity contribution in [1.82, 2.24) is 20.0 Å². The van der Waals surface area contributed by atoms with E-state index in [2.05, 4.69) is 31.2 Å². The van der Waals surface area contributed by atoms with Crippen molar-refractivity contribution in [3.05, 3.63) is 39.9 Å². The lowest BCUT2D eigenvalue weighted by Gasteiger charge is -2.04. The Morgan fingerprint density at radius 2 is 2.22 bits per heavy atom. The third-order valence-electron chi connectivity index (χ3n) is 2.69. The molecule has 0 spiro atoms. The predicted molar refractivity (Wildman–Crippen MR) is 70.4 cm³/mol. The maximum atomic E-state index is 12.1. The van der Waals surface area contributed by atoms with Gasteiger partial charge in [0.25, 0.3) is 0 Å². The van der Waals surface area contributed by atoms with Gasteiger partial charge in [-0.2, -0.15) is 15.3 Å². The zero-order chi connectivity index (χ0) is 13.1. The summed E-state index contributed by atoms with van der Waals surface area (Å²) < 4.78 is 2.74. The van der Waals surface area contributed by atoms with E-state index in [1.165, 1.54) is 12.4 Å². The molecular weight excluding hydrogens is 296 g/mol. The summed E-state index contributed by atoms with van der Waals surface area (Å²) >= 11 is 3.48. The second kappa shape index (κ2) is 5.39. The highest BCUT2D eigenvalue weighted by atomic mass is 79.9. The van der Waals surface area contributed by atoms with Crippen molar-refractivity contribution < 1.29 is 4.79 Å². The molecule has 18 heavy (non-hydrogen) atoms. The van der Waals surface area contributed by atoms with Crippen LogP contribution >= 0.6 is 15.9 Å². The van der Waals surface area contributed by atoms with Crippen molar-refractivity contribution in [3.8, 4) is 0 Å². The van der Waals surface area contributed by atoms with E-state index in [9.17, 15) is 4.79 Å². The van der Waals surface area contributed by atoms with Gasteiger partial charge in [0.15, 0.2) is 5.78 Å². The summed E-state index contributed by atoms with van der Waals surface area (Å²) in [5, 5.41) is 11.7. The van der Waals surface area contributed by atoms with E-state index in [4.69, 9.17) is 0 Å². The quantitative estimate of drug-likeness (QED) is 0.812. The van der Waals surface area contributed by atoms with Gasteiger partial charge >= 0.3 is 0 Å². The molecule has 0 unspecified atom stereocenters. The molecular formula is C12H13BrN4O. The van der Waals surface area contributed by atoms with Crippen molar-refractivity contribution >= 4 is 21.7 Å². The lowest BCUT2D eigenvalue weighted by atomic mass is 10.1. The van der Waals surface area contributed by atoms with E-state index in [0.717, 1.165) is 22.4 Å². The Morgan fingerprint density at radius 1 is 1.44 bits per heavy atom. The molecule has 2 aromatic heterocycles. The third-order valence-corrected chi connectivity index (χ3v) is 3.72. The van der Waals surface area contributed by atoms with Gasteiger partial charge in [-0.15, -0.1) is 0 Å². The van der Waals surface area contributed by atoms with Crippen LogP contribution in [0.4, 0.5) is 0 Å². The summed E-state index contributed by atoms with van der Waals surface area (Å²) in [5.41, 5.74) is 2.36. The van der Waals surface area contributed by atoms with Crippen molar-refractivity contribution in [2.75, 3.05) is 0 Å². The summed E-state index contributed by atoms with van der Waals surface area (Å²) in [7, 11) is 0. The van der Waals surface area contributed by atoms with Crippen molar-refractivity contribution in [3.63, 3.8) is 0 Å². The average molecular weight is 309 g/mol. The number of hydrogen-bond acceptors (Lipinski definition) is 4. The number of ketones is 1. The highest BCUT2D eigenvalue weighted by Crippen LogP contribution is 2.22. The Morgan fingerprint density at radius 3 is 2.83 bits per heavy atom. The van der Waals surface area contributed by atoms with Gasteiger partial charge in [0, 0.05) is 12.1 Å². The Hall–Kier alpha value is -1.56. The first kappa shape index (κ1) is 12.9. The van der Waals surface area contributed by atoms with E-state index >= 15 is 0 Å². The second-order valence-electron chi connectivity index (χ2n) is 3.89. The summed E-state index contributed by atoms with van der Waals surface area (Å²) in [6, 6.07) is 1.67. The largest absolute Gasteiger partial charge is 0.294 e. The lowest BCUT2D eigenvalue weighted by Crippen LogP contribution is -2.10. The minimum absolute atomic E-state index is 0.0141. The average Bonchev–Trinajstić information content (AvgIpc) is 2.67. The molecule has 0 aromatic carbocycles. The van der Waals surface area contributed by atoms with Gasteiger partial charge in [0.1, 0.15) is 0 Å². The molecule has 0 amide bonds. The van der Waals surface area contributed by atoms with Crippen LogP contribution in [0, 0.1) is 6.92 Å². The highest BCUT2D eigenvalue weighted by molar-refractivity contribution is 9.10. The standard InChI is InChI=1S/C12H13BrN4O/c1-3-17-10(12(13)8(2)16-17)6-11(18)9-4-5-14-15-7-9/h4-5,7H,3,6H2,1-2H3. The van der Waals surface area contributed by atoms with Gasteiger partial charge in [-0.1, -0.05) is 0 Å². The second-order valence-corrected chi connectivity index (χ2v) is 4.69. The SMILES string of the molecule is CCn1nc(C)c(Br)c1CC(=O)c1ccnnc1. The Kier molecular flexibility index (Phi) is 3.86. The lowest BCUT2D eigenvalue weighted by molar-refractivity contribution is 0.0990. The van der Waals surface area contributed by atoms with E-state index < -0.39 is 0 Å². The molecule has 0 radical (unpaired) electrons. The highest BCUT2D eigenvalue weighted by Gasteiger charge is 2.16. The Balaban J connectivity index is 2.27. The molecule has 2 aromatic rings. The van der Waals surface area contributed by atoms with E-state index in [1.54, 1.807) is 6.07 Å². The molecule has 94 valence electrons. The summed E-state index contributed by atoms with van der Waals surface area (Å²) in [5.74, 6) is 0.0141. The van der Waals surface area contributed by atoms with Gasteiger partial charge in [-0.3, -0.25) is 9.48 Å².